The molecule has 2 heterocycles. The number of anilines is 1. The monoisotopic (exact) mass is 303 g/mol. The van der Waals surface area contributed by atoms with Gasteiger partial charge in [-0.3, -0.25) is 0 Å². The van der Waals surface area contributed by atoms with E-state index in [0.29, 0.717) is 6.54 Å². The number of aliphatic hydroxyl groups is 1. The first-order valence-corrected chi connectivity index (χ1v) is 7.83. The number of aliphatic hydroxyl groups excluding tert-OH is 1. The first-order valence-electron chi connectivity index (χ1n) is 7.83. The number of nitrogens with zero attached hydrogens (tertiary/aromatic N) is 3. The summed E-state index contributed by atoms with van der Waals surface area (Å²) in [5.41, 5.74) is 2.92. The third-order valence-corrected chi connectivity index (χ3v) is 4.10. The van der Waals surface area contributed by atoms with Crippen LogP contribution in [0.25, 0.3) is 5.69 Å². The van der Waals surface area contributed by atoms with E-state index >= 15 is 0 Å². The smallest absolute Gasteiger partial charge is 0.123 e. The quantitative estimate of drug-likeness (QED) is 0.947. The number of benzene rings is 1. The molecule has 1 atom stereocenters. The van der Waals surface area contributed by atoms with Crippen molar-refractivity contribution in [2.45, 2.75) is 38.7 Å². The minimum absolute atomic E-state index is 0.251. The van der Waals surface area contributed by atoms with E-state index in [9.17, 15) is 9.50 Å². The lowest BCUT2D eigenvalue weighted by Gasteiger charge is -2.31. The van der Waals surface area contributed by atoms with Gasteiger partial charge >= 0.3 is 0 Å². The number of rotatable bonds is 3. The lowest BCUT2D eigenvalue weighted by atomic mass is 10.1. The van der Waals surface area contributed by atoms with Crippen LogP contribution >= 0.6 is 0 Å². The number of hydrogen-bond donors (Lipinski definition) is 1. The normalized spacial score (nSPS) is 19.0. The summed E-state index contributed by atoms with van der Waals surface area (Å²) in [5, 5.41) is 14.6. The van der Waals surface area contributed by atoms with E-state index in [1.165, 1.54) is 12.1 Å². The molecule has 0 aliphatic carbocycles. The number of hydrogen-bond acceptors (Lipinski definition) is 3. The van der Waals surface area contributed by atoms with Crippen molar-refractivity contribution in [3.8, 4) is 5.69 Å². The van der Waals surface area contributed by atoms with E-state index in [-0.39, 0.29) is 17.8 Å². The molecule has 1 aromatic heterocycles. The van der Waals surface area contributed by atoms with Crippen molar-refractivity contribution in [2.24, 2.45) is 0 Å². The minimum atomic E-state index is -0.275. The van der Waals surface area contributed by atoms with E-state index < -0.39 is 0 Å². The van der Waals surface area contributed by atoms with Gasteiger partial charge in [-0.05, 0) is 43.0 Å². The second-order valence-corrected chi connectivity index (χ2v) is 6.22. The van der Waals surface area contributed by atoms with E-state index in [1.54, 1.807) is 16.8 Å². The standard InChI is InChI=1S/C17H22FN3O/c1-12(2)17-16(20-9-3-4-15(22)10-20)11-21(19-17)14-7-5-13(18)6-8-14/h5-8,11-12,15,22H,3-4,9-10H2,1-2H3/t15-/m1/s1. The molecule has 1 aliphatic heterocycles. The fourth-order valence-electron chi connectivity index (χ4n) is 2.93. The van der Waals surface area contributed by atoms with Crippen LogP contribution in [0.2, 0.25) is 0 Å². The zero-order chi connectivity index (χ0) is 15.7. The van der Waals surface area contributed by atoms with Crippen molar-refractivity contribution in [1.29, 1.82) is 0 Å². The summed E-state index contributed by atoms with van der Waals surface area (Å²) in [4.78, 5) is 2.20. The van der Waals surface area contributed by atoms with Crippen molar-refractivity contribution < 1.29 is 9.50 Å². The van der Waals surface area contributed by atoms with Gasteiger partial charge in [0, 0.05) is 13.1 Å². The Labute approximate surface area is 130 Å². The maximum absolute atomic E-state index is 13.1. The summed E-state index contributed by atoms with van der Waals surface area (Å²) in [6, 6.07) is 6.33. The average molecular weight is 303 g/mol. The predicted molar refractivity (Wildman–Crippen MR) is 85.1 cm³/mol. The largest absolute Gasteiger partial charge is 0.391 e. The van der Waals surface area contributed by atoms with E-state index in [2.05, 4.69) is 23.8 Å². The van der Waals surface area contributed by atoms with E-state index in [1.807, 2.05) is 6.20 Å². The van der Waals surface area contributed by atoms with Gasteiger partial charge in [-0.15, -0.1) is 0 Å². The van der Waals surface area contributed by atoms with E-state index in [0.717, 1.165) is 36.5 Å². The Morgan fingerprint density at radius 1 is 1.27 bits per heavy atom. The second-order valence-electron chi connectivity index (χ2n) is 6.22. The number of piperidine rings is 1. The molecule has 0 radical (unpaired) electrons. The van der Waals surface area contributed by atoms with Gasteiger partial charge in [0.1, 0.15) is 5.82 Å². The Balaban J connectivity index is 1.96. The van der Waals surface area contributed by atoms with Crippen LogP contribution in [0.4, 0.5) is 10.1 Å². The Hall–Kier alpha value is -1.88. The van der Waals surface area contributed by atoms with Gasteiger partial charge in [-0.2, -0.15) is 5.10 Å². The van der Waals surface area contributed by atoms with Crippen molar-refractivity contribution in [3.05, 3.63) is 42.0 Å². The van der Waals surface area contributed by atoms with Crippen molar-refractivity contribution in [1.82, 2.24) is 9.78 Å². The van der Waals surface area contributed by atoms with Crippen LogP contribution in [0.3, 0.4) is 0 Å². The summed E-state index contributed by atoms with van der Waals surface area (Å²) < 4.78 is 14.9. The van der Waals surface area contributed by atoms with Crippen LogP contribution in [-0.2, 0) is 0 Å². The maximum atomic E-state index is 13.1. The van der Waals surface area contributed by atoms with Crippen LogP contribution in [0.15, 0.2) is 30.5 Å². The predicted octanol–water partition coefficient (Wildman–Crippen LogP) is 3.10. The third-order valence-electron chi connectivity index (χ3n) is 4.10. The van der Waals surface area contributed by atoms with Crippen LogP contribution in [0.5, 0.6) is 0 Å². The van der Waals surface area contributed by atoms with Gasteiger partial charge in [0.2, 0.25) is 0 Å². The summed E-state index contributed by atoms with van der Waals surface area (Å²) in [6.45, 7) is 5.81. The first-order chi connectivity index (χ1) is 10.5. The topological polar surface area (TPSA) is 41.3 Å². The lowest BCUT2D eigenvalue weighted by Crippen LogP contribution is -2.38. The fraction of sp³-hybridized carbons (Fsp3) is 0.471. The summed E-state index contributed by atoms with van der Waals surface area (Å²) in [7, 11) is 0. The van der Waals surface area contributed by atoms with Crippen LogP contribution in [-0.4, -0.2) is 34.1 Å². The lowest BCUT2D eigenvalue weighted by molar-refractivity contribution is 0.154. The van der Waals surface area contributed by atoms with Gasteiger partial charge in [-0.1, -0.05) is 13.8 Å². The minimum Gasteiger partial charge on any atom is -0.391 e. The zero-order valence-electron chi connectivity index (χ0n) is 13.0. The Bertz CT molecular complexity index is 636. The molecule has 0 bridgehead atoms. The highest BCUT2D eigenvalue weighted by Crippen LogP contribution is 2.30. The molecular weight excluding hydrogens is 281 g/mol. The van der Waals surface area contributed by atoms with Crippen molar-refractivity contribution in [2.75, 3.05) is 18.0 Å². The maximum Gasteiger partial charge on any atom is 0.123 e. The molecular formula is C17H22FN3O. The van der Waals surface area contributed by atoms with Crippen LogP contribution in [0.1, 0.15) is 38.3 Å². The number of halogens is 1. The Kier molecular flexibility index (Phi) is 4.16. The van der Waals surface area contributed by atoms with Gasteiger partial charge < -0.3 is 10.0 Å². The summed E-state index contributed by atoms with van der Waals surface area (Å²) in [6.07, 6.45) is 3.56. The molecule has 22 heavy (non-hydrogen) atoms. The SMILES string of the molecule is CC(C)c1nn(-c2ccc(F)cc2)cc1N1CCC[C@@H](O)C1. The number of β-amino-alcohol motifs (C(OH)–C–C–N with tert-alkyl or cyclic N) is 1. The molecule has 4 nitrogen and oxygen atoms in total. The molecule has 0 spiro atoms. The molecule has 0 saturated carbocycles. The molecule has 1 aromatic carbocycles. The highest BCUT2D eigenvalue weighted by molar-refractivity contribution is 5.53. The van der Waals surface area contributed by atoms with Crippen molar-refractivity contribution in [3.63, 3.8) is 0 Å². The van der Waals surface area contributed by atoms with Gasteiger partial charge in [0.25, 0.3) is 0 Å². The molecule has 2 aromatic rings. The molecule has 5 heteroatoms. The molecule has 118 valence electrons. The Morgan fingerprint density at radius 2 is 2.00 bits per heavy atom. The van der Waals surface area contributed by atoms with Crippen molar-refractivity contribution >= 4 is 5.69 Å². The number of aromatic nitrogens is 2. The van der Waals surface area contributed by atoms with Gasteiger partial charge in [-0.25, -0.2) is 9.07 Å². The third kappa shape index (κ3) is 2.99. The molecule has 3 rings (SSSR count). The van der Waals surface area contributed by atoms with Crippen LogP contribution in [0, 0.1) is 5.82 Å². The Morgan fingerprint density at radius 3 is 2.64 bits per heavy atom. The first kappa shape index (κ1) is 15.0. The fourth-order valence-corrected chi connectivity index (χ4v) is 2.93. The molecule has 0 amide bonds. The highest BCUT2D eigenvalue weighted by Gasteiger charge is 2.23. The van der Waals surface area contributed by atoms with Crippen LogP contribution < -0.4 is 4.90 Å². The van der Waals surface area contributed by atoms with Gasteiger partial charge in [0.05, 0.1) is 29.4 Å². The molecule has 1 N–H and O–H groups in total. The molecule has 1 aliphatic rings. The van der Waals surface area contributed by atoms with Gasteiger partial charge in [0.15, 0.2) is 0 Å². The second kappa shape index (κ2) is 6.08. The zero-order valence-corrected chi connectivity index (χ0v) is 13.0. The van der Waals surface area contributed by atoms with E-state index in [4.69, 9.17) is 0 Å². The molecule has 0 unspecified atom stereocenters. The average Bonchev–Trinajstić information content (AvgIpc) is 2.93. The molecule has 1 saturated heterocycles. The summed E-state index contributed by atoms with van der Waals surface area (Å²) >= 11 is 0. The molecule has 1 fully saturated rings. The summed E-state index contributed by atoms with van der Waals surface area (Å²) in [5.74, 6) is 0.0372. The highest BCUT2D eigenvalue weighted by atomic mass is 19.1.